The summed E-state index contributed by atoms with van der Waals surface area (Å²) in [6, 6.07) is -6.01. The molecule has 2 rings (SSSR count). The van der Waals surface area contributed by atoms with Crippen LogP contribution in [-0.4, -0.2) is 181 Å². The van der Waals surface area contributed by atoms with E-state index in [1.54, 1.807) is 58.0 Å². The maximum Gasteiger partial charge on any atom is 0.245 e. The summed E-state index contributed by atoms with van der Waals surface area (Å²) in [5, 5.41) is 50.2. The number of nitrogens with two attached hydrogens (primary N) is 4. The number of aliphatic hydroxyl groups is 2. The Morgan fingerprint density at radius 1 is 0.558 bits per heavy atom. The minimum Gasteiger partial charge on any atom is -0.391 e. The van der Waals surface area contributed by atoms with Crippen molar-refractivity contribution in [3.8, 4) is 0 Å². The van der Waals surface area contributed by atoms with Crippen LogP contribution >= 0.6 is 0 Å². The molecule has 3 unspecified atom stereocenters. The van der Waals surface area contributed by atoms with Crippen molar-refractivity contribution in [3.05, 3.63) is 35.9 Å². The number of rotatable bonds is 29. The van der Waals surface area contributed by atoms with Gasteiger partial charge >= 0.3 is 0 Å². The Labute approximate surface area is 505 Å². The van der Waals surface area contributed by atoms with E-state index in [2.05, 4.69) is 72.3 Å². The van der Waals surface area contributed by atoms with Gasteiger partial charge in [0.05, 0.1) is 12.2 Å². The summed E-state index contributed by atoms with van der Waals surface area (Å²) in [7, 11) is 0. The number of carbonyl (C=O) groups is 11. The van der Waals surface area contributed by atoms with Gasteiger partial charge in [0.2, 0.25) is 65.0 Å². The summed E-state index contributed by atoms with van der Waals surface area (Å²) in [6.07, 6.45) is -0.720. The standard InChI is InChI=1S/C58H101N15O13/c1-9-34(6)15-13-14-18-46(76)64-38(19-24-59)53(81)73-48(36(8)75)58(86)68-41(22-27-62)49(77)67-42-23-28-63-57(85)47(35(7)74)72-56(84)45(31-37-16-11-10-12-17-37)71-51(79)40(21-26-61)66-54(82)43(29-32(2)3)70-55(83)44(30-33(4)5)69-50(78)39(20-25-60)65-52(42)80/h10-12,16-17,32-36,38-45,47-48,74-75H,9,13-15,18-31,59-62H2,1-8H3,(H,63,85)(H,64,76)(H,65,80)(H,66,82)(H,67,77)(H,68,86)(H,69,78)(H,70,83)(H,71,79)(H,72,84)(H,73,81)/t34?,35-,36-,38+,39+,40?,41+,42+,43+,44-,45?,47+,48+/m1/s1. The van der Waals surface area contributed by atoms with E-state index in [-0.39, 0.29) is 89.4 Å². The second kappa shape index (κ2) is 39.8. The number of amides is 11. The van der Waals surface area contributed by atoms with E-state index in [1.807, 2.05) is 0 Å². The summed E-state index contributed by atoms with van der Waals surface area (Å²) in [5.74, 6) is -9.40. The number of benzene rings is 1. The minimum absolute atomic E-state index is 0.0131. The van der Waals surface area contributed by atoms with E-state index < -0.39 is 151 Å². The number of nitrogens with one attached hydrogen (secondary N) is 11. The van der Waals surface area contributed by atoms with Gasteiger partial charge in [-0.15, -0.1) is 0 Å². The number of aliphatic hydroxyl groups excluding tert-OH is 2. The van der Waals surface area contributed by atoms with Gasteiger partial charge < -0.3 is 91.6 Å². The van der Waals surface area contributed by atoms with Crippen molar-refractivity contribution in [1.82, 2.24) is 58.5 Å². The summed E-state index contributed by atoms with van der Waals surface area (Å²) < 4.78 is 0. The van der Waals surface area contributed by atoms with Crippen molar-refractivity contribution < 1.29 is 63.0 Å². The largest absolute Gasteiger partial charge is 0.391 e. The zero-order valence-corrected chi connectivity index (χ0v) is 51.5. The molecule has 28 nitrogen and oxygen atoms in total. The van der Waals surface area contributed by atoms with E-state index in [1.165, 1.54) is 13.8 Å². The second-order valence-corrected chi connectivity index (χ2v) is 23.1. The highest BCUT2D eigenvalue weighted by atomic mass is 16.3. The van der Waals surface area contributed by atoms with Crippen LogP contribution < -0.4 is 81.4 Å². The van der Waals surface area contributed by atoms with E-state index in [0.717, 1.165) is 19.3 Å². The van der Waals surface area contributed by atoms with Crippen LogP contribution in [0.1, 0.15) is 138 Å². The van der Waals surface area contributed by atoms with Crippen LogP contribution in [0, 0.1) is 17.8 Å². The van der Waals surface area contributed by atoms with Crippen molar-refractivity contribution in [1.29, 1.82) is 0 Å². The molecule has 13 atom stereocenters. The molecule has 21 N–H and O–H groups in total. The van der Waals surface area contributed by atoms with Crippen LogP contribution in [-0.2, 0) is 59.2 Å². The van der Waals surface area contributed by atoms with Gasteiger partial charge in [0.1, 0.15) is 60.4 Å². The molecule has 1 aromatic rings. The molecule has 486 valence electrons. The average molecular weight is 1220 g/mol. The topological polar surface area (TPSA) is 465 Å². The van der Waals surface area contributed by atoms with Crippen LogP contribution in [0.2, 0.25) is 0 Å². The van der Waals surface area contributed by atoms with Crippen molar-refractivity contribution in [3.63, 3.8) is 0 Å². The lowest BCUT2D eigenvalue weighted by molar-refractivity contribution is -0.137. The quantitative estimate of drug-likeness (QED) is 0.0345. The van der Waals surface area contributed by atoms with Gasteiger partial charge in [-0.2, -0.15) is 0 Å². The summed E-state index contributed by atoms with van der Waals surface area (Å²) >= 11 is 0. The molecule has 28 heteroatoms. The first-order valence-corrected chi connectivity index (χ1v) is 30.2. The molecule has 1 saturated heterocycles. The zero-order valence-electron chi connectivity index (χ0n) is 51.5. The van der Waals surface area contributed by atoms with Crippen molar-refractivity contribution in [2.45, 2.75) is 211 Å². The van der Waals surface area contributed by atoms with Gasteiger partial charge in [-0.3, -0.25) is 52.7 Å². The average Bonchev–Trinajstić information content (AvgIpc) is 3.33. The second-order valence-electron chi connectivity index (χ2n) is 23.1. The summed E-state index contributed by atoms with van der Waals surface area (Å²) in [4.78, 5) is 154. The lowest BCUT2D eigenvalue weighted by Crippen LogP contribution is -2.62. The number of carbonyl (C=O) groups excluding carboxylic acids is 11. The normalized spacial score (nSPS) is 22.8. The van der Waals surface area contributed by atoms with E-state index in [9.17, 15) is 63.0 Å². The van der Waals surface area contributed by atoms with Gasteiger partial charge in [0.15, 0.2) is 0 Å². The minimum atomic E-state index is -1.69. The van der Waals surface area contributed by atoms with Gasteiger partial charge in [-0.05, 0) is 115 Å². The highest BCUT2D eigenvalue weighted by Crippen LogP contribution is 2.15. The maximum absolute atomic E-state index is 14.5. The highest BCUT2D eigenvalue weighted by molar-refractivity contribution is 5.99. The van der Waals surface area contributed by atoms with Crippen LogP contribution in [0.3, 0.4) is 0 Å². The lowest BCUT2D eigenvalue weighted by Gasteiger charge is -2.29. The molecule has 0 radical (unpaired) electrons. The third kappa shape index (κ3) is 27.2. The fourth-order valence-corrected chi connectivity index (χ4v) is 9.39. The van der Waals surface area contributed by atoms with Crippen LogP contribution in [0.4, 0.5) is 0 Å². The molecule has 0 spiro atoms. The van der Waals surface area contributed by atoms with Crippen LogP contribution in [0.5, 0.6) is 0 Å². The first-order chi connectivity index (χ1) is 40.7. The monoisotopic (exact) mass is 1220 g/mol. The molecule has 1 aromatic carbocycles. The molecule has 0 aromatic heterocycles. The van der Waals surface area contributed by atoms with Crippen molar-refractivity contribution in [2.24, 2.45) is 40.7 Å². The summed E-state index contributed by atoms with van der Waals surface area (Å²) in [5.41, 5.74) is 24.2. The van der Waals surface area contributed by atoms with Crippen molar-refractivity contribution >= 4 is 65.0 Å². The zero-order chi connectivity index (χ0) is 64.6. The number of hydrogen-bond donors (Lipinski definition) is 17. The molecule has 0 aliphatic carbocycles. The molecule has 1 aliphatic rings. The molecule has 0 saturated carbocycles. The Balaban J connectivity index is 2.68. The smallest absolute Gasteiger partial charge is 0.245 e. The fourth-order valence-electron chi connectivity index (χ4n) is 9.39. The molecule has 11 amide bonds. The highest BCUT2D eigenvalue weighted by Gasteiger charge is 2.38. The van der Waals surface area contributed by atoms with Gasteiger partial charge in [0, 0.05) is 19.4 Å². The first kappa shape index (κ1) is 75.2. The summed E-state index contributed by atoms with van der Waals surface area (Å²) in [6.45, 7) is 12.8. The van der Waals surface area contributed by atoms with Crippen LogP contribution in [0.25, 0.3) is 0 Å². The molecule has 1 heterocycles. The third-order valence-corrected chi connectivity index (χ3v) is 14.5. The lowest BCUT2D eigenvalue weighted by atomic mass is 9.99. The van der Waals surface area contributed by atoms with E-state index in [0.29, 0.717) is 17.9 Å². The van der Waals surface area contributed by atoms with Crippen molar-refractivity contribution in [2.75, 3.05) is 32.7 Å². The first-order valence-electron chi connectivity index (χ1n) is 30.2. The fraction of sp³-hybridized carbons (Fsp3) is 0.707. The third-order valence-electron chi connectivity index (χ3n) is 14.5. The van der Waals surface area contributed by atoms with Crippen LogP contribution in [0.15, 0.2) is 30.3 Å². The van der Waals surface area contributed by atoms with E-state index >= 15 is 0 Å². The Morgan fingerprint density at radius 2 is 1.05 bits per heavy atom. The number of hydrogen-bond acceptors (Lipinski definition) is 17. The van der Waals surface area contributed by atoms with Gasteiger partial charge in [0.25, 0.3) is 0 Å². The van der Waals surface area contributed by atoms with Gasteiger partial charge in [-0.25, -0.2) is 0 Å². The Morgan fingerprint density at radius 3 is 1.53 bits per heavy atom. The molecular formula is C58H101N15O13. The van der Waals surface area contributed by atoms with Gasteiger partial charge in [-0.1, -0.05) is 91.1 Å². The Kier molecular flexibility index (Phi) is 34.8. The van der Waals surface area contributed by atoms with E-state index in [4.69, 9.17) is 22.9 Å². The molecule has 1 aliphatic heterocycles. The molecule has 0 bridgehead atoms. The molecular weight excluding hydrogens is 1110 g/mol. The SMILES string of the molecule is CCC(C)CCCCC(=O)N[C@@H](CCN)C(=O)N[C@H](C(=O)N[C@@H](CCN)C(=O)N[C@H]1CCNC(=O)[C@H]([C@@H](C)O)NC(=O)C(Cc2ccccc2)NC(=O)C(CCN)NC(=O)[C@H](CC(C)C)NC(=O)[C@@H](CC(C)C)NC(=O)[C@H](CCN)NC1=O)[C@@H](C)O. The number of unbranched alkanes of at least 4 members (excludes halogenated alkanes) is 1. The predicted molar refractivity (Wildman–Crippen MR) is 322 cm³/mol. The Hall–Kier alpha value is -6.85. The molecule has 1 fully saturated rings. The maximum atomic E-state index is 14.5. The predicted octanol–water partition coefficient (Wildman–Crippen LogP) is -3.55. The molecule has 86 heavy (non-hydrogen) atoms. The Bertz CT molecular complexity index is 2350.